The molecule has 0 saturated heterocycles. The van der Waals surface area contributed by atoms with E-state index in [9.17, 15) is 5.11 Å². The van der Waals surface area contributed by atoms with Gasteiger partial charge in [0.2, 0.25) is 0 Å². The van der Waals surface area contributed by atoms with Gasteiger partial charge in [0.1, 0.15) is 0 Å². The molecule has 1 unspecified atom stereocenters. The van der Waals surface area contributed by atoms with Crippen LogP contribution in [0.4, 0.5) is 0 Å². The fraction of sp³-hybridized carbons (Fsp3) is 1.00. The summed E-state index contributed by atoms with van der Waals surface area (Å²) < 4.78 is 0. The van der Waals surface area contributed by atoms with Gasteiger partial charge in [-0.3, -0.25) is 0 Å². The number of aliphatic hydroxyl groups is 1. The van der Waals surface area contributed by atoms with Gasteiger partial charge in [-0.1, -0.05) is 13.8 Å². The third kappa shape index (κ3) is 4.73. The van der Waals surface area contributed by atoms with E-state index < -0.39 is 5.60 Å². The molecular weight excluding hydrogens is 150 g/mol. The van der Waals surface area contributed by atoms with E-state index in [4.69, 9.17) is 0 Å². The molecule has 0 radical (unpaired) electrons. The van der Waals surface area contributed by atoms with Crippen molar-refractivity contribution in [3.63, 3.8) is 0 Å². The van der Waals surface area contributed by atoms with Crippen LogP contribution in [0.5, 0.6) is 0 Å². The van der Waals surface area contributed by atoms with Crippen LogP contribution in [-0.2, 0) is 0 Å². The Hall–Kier alpha value is -0.0800. The Morgan fingerprint density at radius 3 is 1.92 bits per heavy atom. The molecular formula is C10H23NO. The predicted molar refractivity (Wildman–Crippen MR) is 53.2 cm³/mol. The molecule has 1 atom stereocenters. The average molecular weight is 173 g/mol. The Morgan fingerprint density at radius 2 is 1.67 bits per heavy atom. The summed E-state index contributed by atoms with van der Waals surface area (Å²) in [5.74, 6) is 0.636. The van der Waals surface area contributed by atoms with Crippen LogP contribution in [0.2, 0.25) is 0 Å². The highest BCUT2D eigenvalue weighted by molar-refractivity contribution is 4.75. The molecule has 2 heteroatoms. The monoisotopic (exact) mass is 173 g/mol. The summed E-state index contributed by atoms with van der Waals surface area (Å²) in [6.45, 7) is 11.0. The third-order valence-electron chi connectivity index (χ3n) is 2.30. The molecule has 1 N–H and O–H groups in total. The first-order valence-corrected chi connectivity index (χ1v) is 4.66. The molecule has 0 heterocycles. The zero-order chi connectivity index (χ0) is 9.94. The van der Waals surface area contributed by atoms with Crippen molar-refractivity contribution in [2.24, 2.45) is 5.92 Å². The average Bonchev–Trinajstić information content (AvgIpc) is 1.82. The lowest BCUT2D eigenvalue weighted by Crippen LogP contribution is -2.42. The van der Waals surface area contributed by atoms with Crippen LogP contribution in [0.3, 0.4) is 0 Å². The van der Waals surface area contributed by atoms with Crippen LogP contribution in [0.1, 0.15) is 34.6 Å². The maximum Gasteiger partial charge on any atom is 0.0718 e. The summed E-state index contributed by atoms with van der Waals surface area (Å²) in [7, 11) is 2.06. The number of likely N-dealkylation sites (N-methyl/N-ethyl adjacent to an activating group) is 1. The van der Waals surface area contributed by atoms with E-state index in [1.54, 1.807) is 0 Å². The van der Waals surface area contributed by atoms with Crippen LogP contribution < -0.4 is 0 Å². The molecule has 2 nitrogen and oxygen atoms in total. The van der Waals surface area contributed by atoms with Gasteiger partial charge in [0.25, 0.3) is 0 Å². The van der Waals surface area contributed by atoms with E-state index >= 15 is 0 Å². The normalized spacial score (nSPS) is 15.8. The molecule has 74 valence electrons. The van der Waals surface area contributed by atoms with Crippen molar-refractivity contribution in [1.29, 1.82) is 0 Å². The van der Waals surface area contributed by atoms with Crippen LogP contribution in [0.25, 0.3) is 0 Å². The summed E-state index contributed by atoms with van der Waals surface area (Å²) >= 11 is 0. The molecule has 0 spiro atoms. The molecule has 0 aliphatic heterocycles. The van der Waals surface area contributed by atoms with Crippen molar-refractivity contribution in [2.45, 2.75) is 46.3 Å². The van der Waals surface area contributed by atoms with E-state index in [1.165, 1.54) is 0 Å². The van der Waals surface area contributed by atoms with E-state index in [0.29, 0.717) is 12.0 Å². The van der Waals surface area contributed by atoms with Crippen molar-refractivity contribution in [1.82, 2.24) is 4.90 Å². The molecule has 0 aromatic rings. The van der Waals surface area contributed by atoms with E-state index in [0.717, 1.165) is 6.54 Å². The number of nitrogens with zero attached hydrogens (tertiary/aromatic N) is 1. The van der Waals surface area contributed by atoms with Crippen LogP contribution >= 0.6 is 0 Å². The van der Waals surface area contributed by atoms with Gasteiger partial charge in [-0.25, -0.2) is 0 Å². The van der Waals surface area contributed by atoms with Gasteiger partial charge in [-0.2, -0.15) is 0 Å². The molecule has 12 heavy (non-hydrogen) atoms. The standard InChI is InChI=1S/C10H23NO/c1-8(2)9(3)11(6)7-10(4,5)12/h8-9,12H,7H2,1-6H3. The maximum absolute atomic E-state index is 9.58. The SMILES string of the molecule is CC(C)C(C)N(C)CC(C)(C)O. The minimum atomic E-state index is -0.585. The smallest absolute Gasteiger partial charge is 0.0718 e. The van der Waals surface area contributed by atoms with E-state index in [1.807, 2.05) is 13.8 Å². The number of rotatable bonds is 4. The highest BCUT2D eigenvalue weighted by Crippen LogP contribution is 2.11. The van der Waals surface area contributed by atoms with Gasteiger partial charge in [0.15, 0.2) is 0 Å². The second kappa shape index (κ2) is 4.24. The molecule has 0 aliphatic rings. The Balaban J connectivity index is 3.95. The fourth-order valence-electron chi connectivity index (χ4n) is 1.26. The minimum Gasteiger partial charge on any atom is -0.389 e. The van der Waals surface area contributed by atoms with Crippen LogP contribution in [-0.4, -0.2) is 35.2 Å². The second-order valence-electron chi connectivity index (χ2n) is 4.71. The van der Waals surface area contributed by atoms with Crippen molar-refractivity contribution in [3.8, 4) is 0 Å². The van der Waals surface area contributed by atoms with Gasteiger partial charge in [-0.15, -0.1) is 0 Å². The molecule has 0 aliphatic carbocycles. The summed E-state index contributed by atoms with van der Waals surface area (Å²) in [5, 5.41) is 9.58. The first-order chi connectivity index (χ1) is 5.24. The van der Waals surface area contributed by atoms with Crippen LogP contribution in [0.15, 0.2) is 0 Å². The van der Waals surface area contributed by atoms with Crippen molar-refractivity contribution < 1.29 is 5.11 Å². The van der Waals surface area contributed by atoms with Crippen LogP contribution in [0, 0.1) is 5.92 Å². The second-order valence-corrected chi connectivity index (χ2v) is 4.71. The fourth-order valence-corrected chi connectivity index (χ4v) is 1.26. The van der Waals surface area contributed by atoms with E-state index in [-0.39, 0.29) is 0 Å². The zero-order valence-corrected chi connectivity index (χ0v) is 9.26. The Labute approximate surface area is 76.6 Å². The summed E-state index contributed by atoms with van der Waals surface area (Å²) in [5.41, 5.74) is -0.585. The topological polar surface area (TPSA) is 23.5 Å². The van der Waals surface area contributed by atoms with Gasteiger partial charge < -0.3 is 10.0 Å². The minimum absolute atomic E-state index is 0.524. The maximum atomic E-state index is 9.58. The molecule has 0 aromatic carbocycles. The number of hydrogen-bond acceptors (Lipinski definition) is 2. The first kappa shape index (κ1) is 11.9. The first-order valence-electron chi connectivity index (χ1n) is 4.66. The van der Waals surface area contributed by atoms with Gasteiger partial charge >= 0.3 is 0 Å². The molecule has 0 bridgehead atoms. The molecule has 0 amide bonds. The van der Waals surface area contributed by atoms with Crippen molar-refractivity contribution in [2.75, 3.05) is 13.6 Å². The Kier molecular flexibility index (Phi) is 4.21. The van der Waals surface area contributed by atoms with Gasteiger partial charge in [-0.05, 0) is 33.7 Å². The summed E-state index contributed by atoms with van der Waals surface area (Å²) in [6, 6.07) is 0.524. The number of hydrogen-bond donors (Lipinski definition) is 1. The van der Waals surface area contributed by atoms with E-state index in [2.05, 4.69) is 32.7 Å². The summed E-state index contributed by atoms with van der Waals surface area (Å²) in [4.78, 5) is 2.20. The van der Waals surface area contributed by atoms with Gasteiger partial charge in [0, 0.05) is 12.6 Å². The largest absolute Gasteiger partial charge is 0.389 e. The lowest BCUT2D eigenvalue weighted by molar-refractivity contribution is 0.0271. The highest BCUT2D eigenvalue weighted by atomic mass is 16.3. The molecule has 0 fully saturated rings. The van der Waals surface area contributed by atoms with Gasteiger partial charge in [0.05, 0.1) is 5.60 Å². The summed E-state index contributed by atoms with van der Waals surface area (Å²) in [6.07, 6.45) is 0. The molecule has 0 rings (SSSR count). The lowest BCUT2D eigenvalue weighted by atomic mass is 10.0. The highest BCUT2D eigenvalue weighted by Gasteiger charge is 2.20. The Bertz CT molecular complexity index is 126. The quantitative estimate of drug-likeness (QED) is 0.700. The predicted octanol–water partition coefficient (Wildman–Crippen LogP) is 1.73. The van der Waals surface area contributed by atoms with Crippen molar-refractivity contribution in [3.05, 3.63) is 0 Å². The molecule has 0 saturated carbocycles. The lowest BCUT2D eigenvalue weighted by Gasteiger charge is -2.32. The third-order valence-corrected chi connectivity index (χ3v) is 2.30. The molecule has 0 aromatic heterocycles. The zero-order valence-electron chi connectivity index (χ0n) is 9.26. The Morgan fingerprint density at radius 1 is 1.25 bits per heavy atom. The van der Waals surface area contributed by atoms with Crippen molar-refractivity contribution >= 4 is 0 Å².